The number of anilines is 1. The number of nitrogen functional groups attached to an aromatic ring is 1. The Balaban J connectivity index is 0.000000240. The molecule has 1 aromatic carbocycles. The van der Waals surface area contributed by atoms with E-state index in [4.69, 9.17) is 10.3 Å². The van der Waals surface area contributed by atoms with E-state index in [1.807, 2.05) is 71.9 Å². The van der Waals surface area contributed by atoms with Crippen LogP contribution in [0.4, 0.5) is 5.69 Å². The van der Waals surface area contributed by atoms with Gasteiger partial charge in [0.15, 0.2) is 5.76 Å². The lowest BCUT2D eigenvalue weighted by molar-refractivity contribution is -0.0238. The van der Waals surface area contributed by atoms with E-state index in [0.717, 1.165) is 22.7 Å². The maximum Gasteiger partial charge on any atom is 0.167 e. The Bertz CT molecular complexity index is 546. The van der Waals surface area contributed by atoms with E-state index in [2.05, 4.69) is 5.16 Å². The summed E-state index contributed by atoms with van der Waals surface area (Å²) in [6, 6.07) is 9.40. The average Bonchev–Trinajstić information content (AvgIpc) is 2.75. The second-order valence-corrected chi connectivity index (χ2v) is 6.76. The largest absolute Gasteiger partial charge is 0.399 e. The summed E-state index contributed by atoms with van der Waals surface area (Å²) in [5.41, 5.74) is 7.62. The molecule has 4 heteroatoms. The number of nitrogens with two attached hydrogens (primary N) is 1. The molecular weight excluding hydrogens is 264 g/mol. The van der Waals surface area contributed by atoms with Crippen molar-refractivity contribution >= 4 is 5.69 Å². The molecule has 0 saturated heterocycles. The van der Waals surface area contributed by atoms with Crippen LogP contribution in [-0.2, 0) is 0 Å². The van der Waals surface area contributed by atoms with Crippen LogP contribution >= 0.6 is 0 Å². The van der Waals surface area contributed by atoms with Crippen molar-refractivity contribution in [3.05, 3.63) is 36.0 Å². The van der Waals surface area contributed by atoms with E-state index in [-0.39, 0.29) is 5.41 Å². The Kier molecular flexibility index (Phi) is 5.18. The Hall–Kier alpha value is -1.81. The molecule has 4 nitrogen and oxygen atoms in total. The minimum absolute atomic E-state index is 0.00694. The molecule has 116 valence electrons. The van der Waals surface area contributed by atoms with Crippen molar-refractivity contribution in [2.75, 3.05) is 5.73 Å². The highest BCUT2D eigenvalue weighted by molar-refractivity contribution is 5.60. The fourth-order valence-corrected chi connectivity index (χ4v) is 1.15. The second-order valence-electron chi connectivity index (χ2n) is 6.76. The lowest BCUT2D eigenvalue weighted by Crippen LogP contribution is -2.35. The third kappa shape index (κ3) is 5.23. The maximum absolute atomic E-state index is 9.35. The Morgan fingerprint density at radius 2 is 1.52 bits per heavy atom. The van der Waals surface area contributed by atoms with Gasteiger partial charge in [-0.1, -0.05) is 25.9 Å². The SMILES string of the molecule is CC(C)(C)C(C)(C)O.Cc1cc(-c2ccc(N)cc2)on1. The van der Waals surface area contributed by atoms with Crippen LogP contribution in [0.15, 0.2) is 34.9 Å². The van der Waals surface area contributed by atoms with Gasteiger partial charge in [-0.15, -0.1) is 0 Å². The molecule has 0 fully saturated rings. The summed E-state index contributed by atoms with van der Waals surface area (Å²) >= 11 is 0. The number of aryl methyl sites for hydroxylation is 1. The molecular formula is C17H26N2O2. The topological polar surface area (TPSA) is 72.3 Å². The van der Waals surface area contributed by atoms with Crippen molar-refractivity contribution in [1.29, 1.82) is 0 Å². The van der Waals surface area contributed by atoms with Crippen LogP contribution in [0.1, 0.15) is 40.3 Å². The van der Waals surface area contributed by atoms with Crippen LogP contribution in [0.3, 0.4) is 0 Å². The van der Waals surface area contributed by atoms with E-state index in [0.29, 0.717) is 0 Å². The van der Waals surface area contributed by atoms with Gasteiger partial charge in [0.05, 0.1) is 11.3 Å². The highest BCUT2D eigenvalue weighted by Gasteiger charge is 2.29. The van der Waals surface area contributed by atoms with Crippen molar-refractivity contribution in [1.82, 2.24) is 5.16 Å². The number of aromatic nitrogens is 1. The number of nitrogens with zero attached hydrogens (tertiary/aromatic N) is 1. The molecule has 0 bridgehead atoms. The first-order chi connectivity index (χ1) is 9.50. The average molecular weight is 290 g/mol. The monoisotopic (exact) mass is 290 g/mol. The van der Waals surface area contributed by atoms with Gasteiger partial charge >= 0.3 is 0 Å². The molecule has 2 rings (SSSR count). The Morgan fingerprint density at radius 1 is 1.05 bits per heavy atom. The molecule has 0 amide bonds. The molecule has 3 N–H and O–H groups in total. The highest BCUT2D eigenvalue weighted by Crippen LogP contribution is 2.28. The van der Waals surface area contributed by atoms with Gasteiger partial charge in [0, 0.05) is 17.3 Å². The van der Waals surface area contributed by atoms with E-state index < -0.39 is 5.60 Å². The summed E-state index contributed by atoms with van der Waals surface area (Å²) in [5.74, 6) is 0.775. The normalized spacial score (nSPS) is 11.8. The summed E-state index contributed by atoms with van der Waals surface area (Å²) in [5, 5.41) is 13.2. The predicted molar refractivity (Wildman–Crippen MR) is 86.8 cm³/mol. The van der Waals surface area contributed by atoms with Crippen LogP contribution in [0, 0.1) is 12.3 Å². The quantitative estimate of drug-likeness (QED) is 0.778. The van der Waals surface area contributed by atoms with E-state index in [9.17, 15) is 5.11 Å². The zero-order valence-electron chi connectivity index (χ0n) is 13.8. The number of aliphatic hydroxyl groups is 1. The molecule has 1 heterocycles. The predicted octanol–water partition coefficient (Wildman–Crippen LogP) is 4.04. The van der Waals surface area contributed by atoms with Crippen molar-refractivity contribution in [3.8, 4) is 11.3 Å². The molecule has 0 radical (unpaired) electrons. The van der Waals surface area contributed by atoms with Crippen LogP contribution in [0.5, 0.6) is 0 Å². The van der Waals surface area contributed by atoms with Crippen LogP contribution in [0.25, 0.3) is 11.3 Å². The lowest BCUT2D eigenvalue weighted by atomic mass is 9.79. The fourth-order valence-electron chi connectivity index (χ4n) is 1.15. The van der Waals surface area contributed by atoms with Crippen molar-refractivity contribution < 1.29 is 9.63 Å². The smallest absolute Gasteiger partial charge is 0.167 e. The lowest BCUT2D eigenvalue weighted by Gasteiger charge is -2.33. The molecule has 0 unspecified atom stereocenters. The second kappa shape index (κ2) is 6.31. The first kappa shape index (κ1) is 17.2. The molecule has 0 aliphatic carbocycles. The van der Waals surface area contributed by atoms with Gasteiger partial charge in [0.25, 0.3) is 0 Å². The van der Waals surface area contributed by atoms with Crippen LogP contribution in [0.2, 0.25) is 0 Å². The van der Waals surface area contributed by atoms with Crippen molar-refractivity contribution in [2.45, 2.75) is 47.1 Å². The summed E-state index contributed by atoms with van der Waals surface area (Å²) in [6.45, 7) is 11.6. The Morgan fingerprint density at radius 3 is 1.86 bits per heavy atom. The highest BCUT2D eigenvalue weighted by atomic mass is 16.5. The Labute approximate surface area is 127 Å². The van der Waals surface area contributed by atoms with Crippen molar-refractivity contribution in [3.63, 3.8) is 0 Å². The zero-order chi connectivity index (χ0) is 16.3. The van der Waals surface area contributed by atoms with E-state index in [1.165, 1.54) is 0 Å². The van der Waals surface area contributed by atoms with E-state index in [1.54, 1.807) is 0 Å². The minimum atomic E-state index is -0.562. The maximum atomic E-state index is 9.35. The third-order valence-electron chi connectivity index (χ3n) is 3.66. The number of benzene rings is 1. The van der Waals surface area contributed by atoms with Crippen LogP contribution < -0.4 is 5.73 Å². The van der Waals surface area contributed by atoms with Crippen LogP contribution in [-0.4, -0.2) is 15.9 Å². The molecule has 0 spiro atoms. The van der Waals surface area contributed by atoms with Gasteiger partial charge < -0.3 is 15.4 Å². The van der Waals surface area contributed by atoms with Gasteiger partial charge in [-0.05, 0) is 50.5 Å². The molecule has 1 aromatic heterocycles. The first-order valence-electron chi connectivity index (χ1n) is 7.02. The van der Waals surface area contributed by atoms with Gasteiger partial charge in [0.1, 0.15) is 0 Å². The molecule has 21 heavy (non-hydrogen) atoms. The van der Waals surface area contributed by atoms with E-state index >= 15 is 0 Å². The van der Waals surface area contributed by atoms with Crippen molar-refractivity contribution in [2.24, 2.45) is 5.41 Å². The number of hydrogen-bond acceptors (Lipinski definition) is 4. The number of hydrogen-bond donors (Lipinski definition) is 2. The summed E-state index contributed by atoms with van der Waals surface area (Å²) in [4.78, 5) is 0. The third-order valence-corrected chi connectivity index (χ3v) is 3.66. The summed E-state index contributed by atoms with van der Waals surface area (Å²) in [6.07, 6.45) is 0. The first-order valence-corrected chi connectivity index (χ1v) is 7.02. The standard InChI is InChI=1S/C10H10N2O.C7H16O/c1-7-6-10(13-12-7)8-2-4-9(11)5-3-8;1-6(2,3)7(4,5)8/h2-6H,11H2,1H3;8H,1-5H3. The molecule has 2 aromatic rings. The fraction of sp³-hybridized carbons (Fsp3) is 0.471. The van der Waals surface area contributed by atoms with Gasteiger partial charge in [0.2, 0.25) is 0 Å². The summed E-state index contributed by atoms with van der Waals surface area (Å²) < 4.78 is 5.10. The minimum Gasteiger partial charge on any atom is -0.399 e. The molecule has 0 aliphatic heterocycles. The zero-order valence-corrected chi connectivity index (χ0v) is 13.8. The molecule has 0 atom stereocenters. The molecule has 0 aliphatic rings. The van der Waals surface area contributed by atoms with Gasteiger partial charge in [-0.25, -0.2) is 0 Å². The molecule has 0 saturated carbocycles. The van der Waals surface area contributed by atoms with Gasteiger partial charge in [-0.2, -0.15) is 0 Å². The van der Waals surface area contributed by atoms with Gasteiger partial charge in [-0.3, -0.25) is 0 Å². The summed E-state index contributed by atoms with van der Waals surface area (Å²) in [7, 11) is 0. The number of rotatable bonds is 1.